The fourth-order valence-electron chi connectivity index (χ4n) is 2.95. The third-order valence-corrected chi connectivity index (χ3v) is 5.19. The minimum Gasteiger partial charge on any atom is -0.329 e. The van der Waals surface area contributed by atoms with Crippen LogP contribution in [0.5, 0.6) is 0 Å². The Hall–Kier alpha value is 0.270. The highest BCUT2D eigenvalue weighted by Crippen LogP contribution is 2.29. The van der Waals surface area contributed by atoms with Gasteiger partial charge in [-0.15, -0.1) is 0 Å². The van der Waals surface area contributed by atoms with E-state index in [0.29, 0.717) is 6.04 Å². The number of nitrogens with zero attached hydrogens (tertiary/aromatic N) is 1. The molecular formula is C12H24N2S. The Bertz CT molecular complexity index is 192. The molecule has 0 bridgehead atoms. The summed E-state index contributed by atoms with van der Waals surface area (Å²) in [4.78, 5) is 2.69. The molecule has 0 aromatic carbocycles. The molecule has 2 rings (SSSR count). The standard InChI is InChI=1S/C12H24N2S/c1-10-3-2-4-12(7-13)14(10)8-11-5-6-15-9-11/h10-12H,2-9,13H2,1H3. The highest BCUT2D eigenvalue weighted by molar-refractivity contribution is 7.99. The van der Waals surface area contributed by atoms with Gasteiger partial charge in [-0.05, 0) is 43.6 Å². The Kier molecular flexibility index (Phi) is 4.35. The van der Waals surface area contributed by atoms with Gasteiger partial charge < -0.3 is 5.73 Å². The van der Waals surface area contributed by atoms with Crippen LogP contribution in [0.2, 0.25) is 0 Å². The van der Waals surface area contributed by atoms with Crippen LogP contribution >= 0.6 is 11.8 Å². The summed E-state index contributed by atoms with van der Waals surface area (Å²) in [7, 11) is 0. The fourth-order valence-corrected chi connectivity index (χ4v) is 4.22. The first-order valence-electron chi connectivity index (χ1n) is 6.35. The van der Waals surface area contributed by atoms with Crippen molar-refractivity contribution in [3.8, 4) is 0 Å². The Morgan fingerprint density at radius 2 is 2.20 bits per heavy atom. The Morgan fingerprint density at radius 3 is 2.87 bits per heavy atom. The van der Waals surface area contributed by atoms with Crippen LogP contribution in [0, 0.1) is 5.92 Å². The predicted molar refractivity (Wildman–Crippen MR) is 68.3 cm³/mol. The molecule has 0 saturated carbocycles. The number of nitrogens with two attached hydrogens (primary N) is 1. The molecule has 2 saturated heterocycles. The van der Waals surface area contributed by atoms with Gasteiger partial charge in [0.05, 0.1) is 0 Å². The Labute approximate surface area is 98.0 Å². The molecule has 0 aromatic rings. The lowest BCUT2D eigenvalue weighted by atomic mass is 9.94. The second-order valence-corrected chi connectivity index (χ2v) is 6.25. The molecule has 2 aliphatic rings. The van der Waals surface area contributed by atoms with Crippen LogP contribution in [0.15, 0.2) is 0 Å². The van der Waals surface area contributed by atoms with Crippen molar-refractivity contribution in [2.75, 3.05) is 24.6 Å². The molecule has 15 heavy (non-hydrogen) atoms. The summed E-state index contributed by atoms with van der Waals surface area (Å²) in [6.07, 6.45) is 5.49. The quantitative estimate of drug-likeness (QED) is 0.800. The molecule has 0 spiro atoms. The first-order valence-corrected chi connectivity index (χ1v) is 7.50. The van der Waals surface area contributed by atoms with E-state index < -0.39 is 0 Å². The summed E-state index contributed by atoms with van der Waals surface area (Å²) in [5.74, 6) is 3.69. The number of hydrogen-bond acceptors (Lipinski definition) is 3. The smallest absolute Gasteiger partial charge is 0.0221 e. The molecule has 2 nitrogen and oxygen atoms in total. The van der Waals surface area contributed by atoms with Gasteiger partial charge in [0.1, 0.15) is 0 Å². The third-order valence-electron chi connectivity index (χ3n) is 3.96. The zero-order valence-electron chi connectivity index (χ0n) is 9.82. The average Bonchev–Trinajstić information content (AvgIpc) is 2.74. The molecule has 2 heterocycles. The van der Waals surface area contributed by atoms with E-state index in [1.807, 2.05) is 0 Å². The van der Waals surface area contributed by atoms with Gasteiger partial charge in [0, 0.05) is 25.2 Å². The summed E-state index contributed by atoms with van der Waals surface area (Å²) < 4.78 is 0. The van der Waals surface area contributed by atoms with Crippen LogP contribution in [0.25, 0.3) is 0 Å². The first-order chi connectivity index (χ1) is 7.31. The second-order valence-electron chi connectivity index (χ2n) is 5.10. The van der Waals surface area contributed by atoms with E-state index in [9.17, 15) is 0 Å². The zero-order valence-corrected chi connectivity index (χ0v) is 10.6. The molecular weight excluding hydrogens is 204 g/mol. The maximum absolute atomic E-state index is 5.88. The summed E-state index contributed by atoms with van der Waals surface area (Å²) in [5, 5.41) is 0. The fraction of sp³-hybridized carbons (Fsp3) is 1.00. The normalized spacial score (nSPS) is 38.4. The van der Waals surface area contributed by atoms with Gasteiger partial charge in [0.25, 0.3) is 0 Å². The minimum absolute atomic E-state index is 0.666. The topological polar surface area (TPSA) is 29.3 Å². The van der Waals surface area contributed by atoms with Gasteiger partial charge >= 0.3 is 0 Å². The van der Waals surface area contributed by atoms with Crippen molar-refractivity contribution in [1.82, 2.24) is 4.90 Å². The van der Waals surface area contributed by atoms with E-state index in [0.717, 1.165) is 18.5 Å². The van der Waals surface area contributed by atoms with Crippen molar-refractivity contribution in [2.24, 2.45) is 11.7 Å². The molecule has 2 aliphatic heterocycles. The van der Waals surface area contributed by atoms with E-state index in [4.69, 9.17) is 5.73 Å². The zero-order chi connectivity index (χ0) is 10.7. The van der Waals surface area contributed by atoms with E-state index in [1.165, 1.54) is 43.7 Å². The van der Waals surface area contributed by atoms with Gasteiger partial charge in [-0.3, -0.25) is 4.90 Å². The number of rotatable bonds is 3. The summed E-state index contributed by atoms with van der Waals surface area (Å²) in [6, 6.07) is 1.43. The van der Waals surface area contributed by atoms with Gasteiger partial charge in [-0.25, -0.2) is 0 Å². The van der Waals surface area contributed by atoms with Gasteiger partial charge in [-0.1, -0.05) is 6.42 Å². The SMILES string of the molecule is CC1CCCC(CN)N1CC1CCSC1. The maximum Gasteiger partial charge on any atom is 0.0221 e. The van der Waals surface area contributed by atoms with Crippen molar-refractivity contribution in [2.45, 2.75) is 44.7 Å². The lowest BCUT2D eigenvalue weighted by Gasteiger charge is -2.41. The molecule has 0 aliphatic carbocycles. The monoisotopic (exact) mass is 228 g/mol. The van der Waals surface area contributed by atoms with E-state index in [-0.39, 0.29) is 0 Å². The minimum atomic E-state index is 0.666. The Balaban J connectivity index is 1.90. The summed E-state index contributed by atoms with van der Waals surface area (Å²) >= 11 is 2.12. The number of likely N-dealkylation sites (tertiary alicyclic amines) is 1. The third kappa shape index (κ3) is 2.89. The lowest BCUT2D eigenvalue weighted by molar-refractivity contribution is 0.0825. The van der Waals surface area contributed by atoms with Crippen molar-refractivity contribution in [1.29, 1.82) is 0 Å². The molecule has 3 atom stereocenters. The van der Waals surface area contributed by atoms with E-state index >= 15 is 0 Å². The molecule has 88 valence electrons. The van der Waals surface area contributed by atoms with Crippen molar-refractivity contribution in [3.05, 3.63) is 0 Å². The molecule has 0 aromatic heterocycles. The molecule has 0 amide bonds. The second kappa shape index (κ2) is 5.55. The van der Waals surface area contributed by atoms with Gasteiger partial charge in [0.2, 0.25) is 0 Å². The van der Waals surface area contributed by atoms with Crippen LogP contribution in [0.1, 0.15) is 32.6 Å². The Morgan fingerprint density at radius 1 is 1.33 bits per heavy atom. The number of piperidine rings is 1. The molecule has 0 radical (unpaired) electrons. The van der Waals surface area contributed by atoms with Gasteiger partial charge in [-0.2, -0.15) is 11.8 Å². The largest absolute Gasteiger partial charge is 0.329 e. The number of hydrogen-bond donors (Lipinski definition) is 1. The highest BCUT2D eigenvalue weighted by Gasteiger charge is 2.29. The predicted octanol–water partition coefficient (Wildman–Crippen LogP) is 1.94. The first kappa shape index (κ1) is 11.7. The van der Waals surface area contributed by atoms with Crippen LogP contribution in [-0.4, -0.2) is 41.6 Å². The van der Waals surface area contributed by atoms with Crippen molar-refractivity contribution >= 4 is 11.8 Å². The van der Waals surface area contributed by atoms with Crippen LogP contribution in [0.4, 0.5) is 0 Å². The van der Waals surface area contributed by atoms with Crippen LogP contribution in [-0.2, 0) is 0 Å². The van der Waals surface area contributed by atoms with E-state index in [1.54, 1.807) is 0 Å². The summed E-state index contributed by atoms with van der Waals surface area (Å²) in [6.45, 7) is 4.53. The highest BCUT2D eigenvalue weighted by atomic mass is 32.2. The number of thioether (sulfide) groups is 1. The van der Waals surface area contributed by atoms with Crippen molar-refractivity contribution in [3.63, 3.8) is 0 Å². The van der Waals surface area contributed by atoms with Crippen molar-refractivity contribution < 1.29 is 0 Å². The van der Waals surface area contributed by atoms with E-state index in [2.05, 4.69) is 23.6 Å². The van der Waals surface area contributed by atoms with Gasteiger partial charge in [0.15, 0.2) is 0 Å². The molecule has 2 N–H and O–H groups in total. The van der Waals surface area contributed by atoms with Crippen LogP contribution in [0.3, 0.4) is 0 Å². The summed E-state index contributed by atoms with van der Waals surface area (Å²) in [5.41, 5.74) is 5.88. The molecule has 3 unspecified atom stereocenters. The van der Waals surface area contributed by atoms with Crippen LogP contribution < -0.4 is 5.73 Å². The average molecular weight is 228 g/mol. The molecule has 3 heteroatoms. The maximum atomic E-state index is 5.88. The molecule has 2 fully saturated rings. The lowest BCUT2D eigenvalue weighted by Crippen LogP contribution is -2.50.